The molecule has 0 spiro atoms. The molecule has 0 amide bonds. The largest absolute Gasteiger partial charge is 0.463 e. The van der Waals surface area contributed by atoms with E-state index in [0.717, 1.165) is 32.6 Å². The highest BCUT2D eigenvalue weighted by Gasteiger charge is 2.51. The van der Waals surface area contributed by atoms with Crippen molar-refractivity contribution in [3.05, 3.63) is 42.7 Å². The molecule has 10 heteroatoms. The highest BCUT2D eigenvalue weighted by atomic mass is 16.7. The Morgan fingerprint density at radius 2 is 1.78 bits per heavy atom. The van der Waals surface area contributed by atoms with Gasteiger partial charge in [0.05, 0.1) is 17.8 Å². The average Bonchev–Trinajstić information content (AvgIpc) is 3.00. The van der Waals surface area contributed by atoms with E-state index >= 15 is 0 Å². The van der Waals surface area contributed by atoms with E-state index in [1.54, 1.807) is 14.0 Å². The molecule has 0 aliphatic carbocycles. The van der Waals surface area contributed by atoms with Gasteiger partial charge in [-0.2, -0.15) is 0 Å². The summed E-state index contributed by atoms with van der Waals surface area (Å²) in [6, 6.07) is 4.37. The summed E-state index contributed by atoms with van der Waals surface area (Å²) in [5.74, 6) is -1.05. The molecular weight excluding hydrogens is 584 g/mol. The first-order chi connectivity index (χ1) is 21.7. The fourth-order valence-electron chi connectivity index (χ4n) is 7.79. The summed E-state index contributed by atoms with van der Waals surface area (Å²) < 4.78 is 25.4. The van der Waals surface area contributed by atoms with Crippen molar-refractivity contribution in [2.24, 2.45) is 23.2 Å². The number of ketones is 1. The average molecular weight is 643 g/mol. The molecule has 1 aromatic rings. The van der Waals surface area contributed by atoms with Gasteiger partial charge in [0.1, 0.15) is 12.0 Å². The summed E-state index contributed by atoms with van der Waals surface area (Å²) in [6.07, 6.45) is 6.12. The zero-order valence-corrected chi connectivity index (χ0v) is 29.6. The number of methoxy groups -OCH3 is 1. The zero-order valence-electron chi connectivity index (χ0n) is 29.6. The quantitative estimate of drug-likeness (QED) is 0.235. The molecule has 0 unspecified atom stereocenters. The van der Waals surface area contributed by atoms with Crippen molar-refractivity contribution in [2.75, 3.05) is 54.5 Å². The van der Waals surface area contributed by atoms with Crippen LogP contribution in [0.3, 0.4) is 0 Å². The van der Waals surface area contributed by atoms with Crippen LogP contribution in [0.15, 0.2) is 37.2 Å². The van der Waals surface area contributed by atoms with Crippen LogP contribution in [0.25, 0.3) is 0 Å². The number of carbonyl (C=O) groups is 2. The van der Waals surface area contributed by atoms with Gasteiger partial charge < -0.3 is 23.8 Å². The Kier molecular flexibility index (Phi) is 12.2. The predicted octanol–water partition coefficient (Wildman–Crippen LogP) is 4.04. The SMILES string of the molecule is C=C[C@]1(C)C(=O)OC[C@@H](C2CN(Cc3ccncc3)C2)N(C)C[C@H](C)C[C@@](C)(OC)[C@H](O[C@H]2C[C@@H](N(C)C)C[C@@H](C)O2)[C@@H](C)C1=O. The molecule has 0 N–H and O–H groups in total. The van der Waals surface area contributed by atoms with Crippen LogP contribution in [-0.4, -0.2) is 122 Å². The summed E-state index contributed by atoms with van der Waals surface area (Å²) in [5, 5.41) is 0. The Balaban J connectivity index is 1.60. The second kappa shape index (κ2) is 15.3. The minimum absolute atomic E-state index is 0.00313. The van der Waals surface area contributed by atoms with E-state index in [1.165, 1.54) is 11.6 Å². The fraction of sp³-hybridized carbons (Fsp3) is 0.750. The molecule has 3 saturated heterocycles. The number of hydrogen-bond acceptors (Lipinski definition) is 10. The van der Waals surface area contributed by atoms with Gasteiger partial charge in [-0.25, -0.2) is 0 Å². The summed E-state index contributed by atoms with van der Waals surface area (Å²) in [5.41, 5.74) is -1.15. The topological polar surface area (TPSA) is 93.7 Å². The van der Waals surface area contributed by atoms with E-state index < -0.39 is 35.3 Å². The van der Waals surface area contributed by atoms with Crippen LogP contribution >= 0.6 is 0 Å². The van der Waals surface area contributed by atoms with Gasteiger partial charge in [0.15, 0.2) is 12.1 Å². The minimum Gasteiger partial charge on any atom is -0.463 e. The number of likely N-dealkylation sites (N-methyl/N-ethyl adjacent to an activating group) is 1. The van der Waals surface area contributed by atoms with Crippen LogP contribution in [0.4, 0.5) is 0 Å². The summed E-state index contributed by atoms with van der Waals surface area (Å²) in [4.78, 5) is 39.2. The van der Waals surface area contributed by atoms with E-state index in [2.05, 4.69) is 61.3 Å². The molecule has 9 atom stereocenters. The molecule has 0 bridgehead atoms. The highest BCUT2D eigenvalue weighted by Crippen LogP contribution is 2.39. The smallest absolute Gasteiger partial charge is 0.323 e. The van der Waals surface area contributed by atoms with Gasteiger partial charge in [0.25, 0.3) is 0 Å². The van der Waals surface area contributed by atoms with Crippen molar-refractivity contribution in [3.8, 4) is 0 Å². The molecule has 258 valence electrons. The van der Waals surface area contributed by atoms with Crippen molar-refractivity contribution >= 4 is 11.8 Å². The Hall–Kier alpha value is -2.21. The lowest BCUT2D eigenvalue weighted by molar-refractivity contribution is -0.263. The van der Waals surface area contributed by atoms with Gasteiger partial charge in [-0.3, -0.25) is 24.4 Å². The van der Waals surface area contributed by atoms with Gasteiger partial charge in [-0.05, 0) is 78.4 Å². The monoisotopic (exact) mass is 642 g/mol. The maximum Gasteiger partial charge on any atom is 0.323 e. The maximum absolute atomic E-state index is 14.4. The third-order valence-electron chi connectivity index (χ3n) is 10.8. The third-order valence-corrected chi connectivity index (χ3v) is 10.8. The Morgan fingerprint density at radius 3 is 2.39 bits per heavy atom. The second-order valence-corrected chi connectivity index (χ2v) is 14.8. The van der Waals surface area contributed by atoms with Gasteiger partial charge >= 0.3 is 5.97 Å². The molecular formula is C36H58N4O6. The summed E-state index contributed by atoms with van der Waals surface area (Å²) in [6.45, 7) is 17.3. The number of pyridine rings is 1. The van der Waals surface area contributed by atoms with Crippen molar-refractivity contribution in [2.45, 2.75) is 96.6 Å². The molecule has 10 nitrogen and oxygen atoms in total. The van der Waals surface area contributed by atoms with Crippen LogP contribution in [0.2, 0.25) is 0 Å². The molecule has 0 aromatic carbocycles. The predicted molar refractivity (Wildman–Crippen MR) is 178 cm³/mol. The number of aromatic nitrogens is 1. The second-order valence-electron chi connectivity index (χ2n) is 14.8. The summed E-state index contributed by atoms with van der Waals surface area (Å²) in [7, 11) is 7.93. The summed E-state index contributed by atoms with van der Waals surface area (Å²) >= 11 is 0. The third kappa shape index (κ3) is 8.25. The van der Waals surface area contributed by atoms with E-state index in [-0.39, 0.29) is 36.5 Å². The van der Waals surface area contributed by atoms with Crippen LogP contribution in [-0.2, 0) is 35.1 Å². The fourth-order valence-corrected chi connectivity index (χ4v) is 7.79. The Bertz CT molecular complexity index is 1180. The Morgan fingerprint density at radius 1 is 1.11 bits per heavy atom. The molecule has 0 saturated carbocycles. The normalized spacial score (nSPS) is 37.9. The highest BCUT2D eigenvalue weighted by molar-refractivity contribution is 6.06. The van der Waals surface area contributed by atoms with E-state index in [4.69, 9.17) is 18.9 Å². The van der Waals surface area contributed by atoms with Crippen molar-refractivity contribution < 1.29 is 28.5 Å². The lowest BCUT2D eigenvalue weighted by Crippen LogP contribution is -2.58. The number of esters is 1. The van der Waals surface area contributed by atoms with Gasteiger partial charge in [-0.15, -0.1) is 6.58 Å². The lowest BCUT2D eigenvalue weighted by Gasteiger charge is -2.47. The first kappa shape index (κ1) is 36.6. The molecule has 4 heterocycles. The molecule has 4 rings (SSSR count). The number of rotatable bonds is 8. The number of cyclic esters (lactones) is 1. The van der Waals surface area contributed by atoms with Crippen LogP contribution in [0, 0.1) is 23.2 Å². The maximum atomic E-state index is 14.4. The van der Waals surface area contributed by atoms with E-state index in [1.807, 2.05) is 38.4 Å². The molecule has 3 aliphatic heterocycles. The van der Waals surface area contributed by atoms with Gasteiger partial charge in [-0.1, -0.05) is 19.9 Å². The number of nitrogens with zero attached hydrogens (tertiary/aromatic N) is 4. The number of ether oxygens (including phenoxy) is 4. The van der Waals surface area contributed by atoms with Crippen LogP contribution < -0.4 is 0 Å². The number of likely N-dealkylation sites (tertiary alicyclic amines) is 1. The van der Waals surface area contributed by atoms with E-state index in [0.29, 0.717) is 18.8 Å². The first-order valence-electron chi connectivity index (χ1n) is 16.9. The Labute approximate surface area is 276 Å². The number of hydrogen-bond donors (Lipinski definition) is 0. The van der Waals surface area contributed by atoms with Crippen LogP contribution in [0.5, 0.6) is 0 Å². The van der Waals surface area contributed by atoms with Crippen LogP contribution in [0.1, 0.15) is 59.4 Å². The molecule has 3 aliphatic rings. The van der Waals surface area contributed by atoms with Crippen molar-refractivity contribution in [1.29, 1.82) is 0 Å². The van der Waals surface area contributed by atoms with Crippen molar-refractivity contribution in [3.63, 3.8) is 0 Å². The molecule has 46 heavy (non-hydrogen) atoms. The van der Waals surface area contributed by atoms with E-state index in [9.17, 15) is 9.59 Å². The zero-order chi connectivity index (χ0) is 33.8. The lowest BCUT2D eigenvalue weighted by atomic mass is 9.73. The van der Waals surface area contributed by atoms with Gasteiger partial charge in [0.2, 0.25) is 0 Å². The standard InChI is InChI=1S/C36H58N4O6/c1-11-35(5)32(41)26(4)33(46-31-17-29(38(7)8)16-25(3)45-31)36(6,43-10)18-24(2)19-39(9)30(23-44-34(35)42)28-21-40(22-28)20-27-12-14-37-15-13-27/h11-15,24-26,28-31,33H,1,16-23H2,2-10H3/t24-,25-,26+,29+,30+,31+,33-,35+,36-/m1/s1. The van der Waals surface area contributed by atoms with Gasteiger partial charge in [0, 0.05) is 76.0 Å². The first-order valence-corrected chi connectivity index (χ1v) is 16.9. The molecule has 3 fully saturated rings. The minimum atomic E-state index is -1.54. The van der Waals surface area contributed by atoms with Crippen molar-refractivity contribution in [1.82, 2.24) is 19.7 Å². The molecule has 1 aromatic heterocycles. The number of Topliss-reactive ketones (excluding diaryl/α,β-unsaturated/α-hetero) is 1. The molecule has 0 radical (unpaired) electrons. The number of carbonyl (C=O) groups excluding carboxylic acids is 2.